The molecule has 0 saturated carbocycles. The molecule has 0 atom stereocenters. The maximum Gasteiger partial charge on any atom is 0.221 e. The number of fused-ring (bicyclic) bond motifs is 8. The molecule has 1 amide bonds. The van der Waals surface area contributed by atoms with Gasteiger partial charge < -0.3 is 5.32 Å². The molecule has 0 aliphatic heterocycles. The van der Waals surface area contributed by atoms with Gasteiger partial charge >= 0.3 is 0 Å². The van der Waals surface area contributed by atoms with Crippen LogP contribution in [0.4, 0.5) is 5.69 Å². The third-order valence-electron chi connectivity index (χ3n) is 5.54. The molecule has 0 saturated heterocycles. The molecule has 1 aliphatic rings. The Bertz CT molecular complexity index is 1270. The minimum atomic E-state index is -0.0672. The summed E-state index contributed by atoms with van der Waals surface area (Å²) in [7, 11) is 0. The van der Waals surface area contributed by atoms with Crippen molar-refractivity contribution in [1.29, 1.82) is 0 Å². The fourth-order valence-corrected chi connectivity index (χ4v) is 4.37. The van der Waals surface area contributed by atoms with Crippen LogP contribution in [0.25, 0.3) is 44.5 Å². The molecule has 2 heteroatoms. The van der Waals surface area contributed by atoms with Crippen LogP contribution in [0.3, 0.4) is 0 Å². The third kappa shape index (κ3) is 2.85. The molecular formula is C27H21NO. The molecule has 0 fully saturated rings. The fraction of sp³-hybridized carbons (Fsp3) is 0.0741. The summed E-state index contributed by atoms with van der Waals surface area (Å²) >= 11 is 0. The first-order valence-corrected chi connectivity index (χ1v) is 9.84. The summed E-state index contributed by atoms with van der Waals surface area (Å²) in [5.41, 5.74) is 11.4. The molecule has 1 N–H and O–H groups in total. The highest BCUT2D eigenvalue weighted by molar-refractivity contribution is 6.08. The normalized spacial score (nSPS) is 11.2. The average molecular weight is 375 g/mol. The van der Waals surface area contributed by atoms with Crippen LogP contribution < -0.4 is 5.32 Å². The molecule has 0 bridgehead atoms. The van der Waals surface area contributed by atoms with Crippen LogP contribution in [0.1, 0.15) is 12.5 Å². The predicted octanol–water partition coefficient (Wildman–Crippen LogP) is 6.93. The molecule has 0 heterocycles. The Morgan fingerprint density at radius 1 is 0.621 bits per heavy atom. The smallest absolute Gasteiger partial charge is 0.221 e. The fourth-order valence-electron chi connectivity index (χ4n) is 4.37. The van der Waals surface area contributed by atoms with Crippen LogP contribution in [0.5, 0.6) is 0 Å². The molecule has 4 aromatic carbocycles. The lowest BCUT2D eigenvalue weighted by molar-refractivity contribution is -0.114. The largest absolute Gasteiger partial charge is 0.326 e. The number of carbonyl (C=O) groups excluding carboxylic acids is 1. The summed E-state index contributed by atoms with van der Waals surface area (Å²) in [5.74, 6) is -0.0672. The topological polar surface area (TPSA) is 29.1 Å². The van der Waals surface area contributed by atoms with E-state index in [4.69, 9.17) is 0 Å². The highest BCUT2D eigenvalue weighted by Crippen LogP contribution is 2.49. The van der Waals surface area contributed by atoms with Gasteiger partial charge in [-0.2, -0.15) is 0 Å². The van der Waals surface area contributed by atoms with Gasteiger partial charge in [0.15, 0.2) is 0 Å². The zero-order valence-electron chi connectivity index (χ0n) is 16.5. The first kappa shape index (κ1) is 17.4. The number of hydrogen-bond acceptors (Lipinski definition) is 1. The van der Waals surface area contributed by atoms with Crippen molar-refractivity contribution in [3.8, 4) is 44.5 Å². The van der Waals surface area contributed by atoms with Gasteiger partial charge in [-0.3, -0.25) is 4.79 Å². The first-order valence-electron chi connectivity index (χ1n) is 9.84. The van der Waals surface area contributed by atoms with Crippen molar-refractivity contribution in [2.45, 2.75) is 13.8 Å². The van der Waals surface area contributed by atoms with E-state index in [0.717, 1.165) is 22.4 Å². The van der Waals surface area contributed by atoms with E-state index in [1.807, 2.05) is 12.1 Å². The number of anilines is 1. The molecule has 29 heavy (non-hydrogen) atoms. The molecule has 5 rings (SSSR count). The van der Waals surface area contributed by atoms with Gasteiger partial charge in [-0.05, 0) is 51.9 Å². The lowest BCUT2D eigenvalue weighted by Gasteiger charge is -2.25. The summed E-state index contributed by atoms with van der Waals surface area (Å²) < 4.78 is 0. The lowest BCUT2D eigenvalue weighted by Crippen LogP contribution is -2.08. The van der Waals surface area contributed by atoms with Crippen molar-refractivity contribution in [3.63, 3.8) is 0 Å². The van der Waals surface area contributed by atoms with Crippen molar-refractivity contribution in [2.75, 3.05) is 5.32 Å². The zero-order valence-corrected chi connectivity index (χ0v) is 16.5. The third-order valence-corrected chi connectivity index (χ3v) is 5.54. The van der Waals surface area contributed by atoms with Crippen LogP contribution in [0.15, 0.2) is 84.9 Å². The molecular weight excluding hydrogens is 354 g/mol. The predicted molar refractivity (Wildman–Crippen MR) is 121 cm³/mol. The number of benzene rings is 4. The Hall–Kier alpha value is -3.65. The second kappa shape index (κ2) is 6.75. The van der Waals surface area contributed by atoms with Crippen LogP contribution in [-0.4, -0.2) is 5.91 Å². The second-order valence-electron chi connectivity index (χ2n) is 7.55. The second-order valence-corrected chi connectivity index (χ2v) is 7.55. The van der Waals surface area contributed by atoms with E-state index in [1.165, 1.54) is 33.4 Å². The standard InChI is InChI=1S/C27H21NO/c1-17-14-15-22-24-12-7-13-26(28-18(2)29)27(24)23-11-6-5-9-20(23)19-8-3-4-10-21(19)25(22)16-17/h3-16H,1-2H3,(H,28,29). The minimum Gasteiger partial charge on any atom is -0.326 e. The van der Waals surface area contributed by atoms with Crippen LogP contribution in [0, 0.1) is 6.92 Å². The van der Waals surface area contributed by atoms with Gasteiger partial charge in [0, 0.05) is 18.2 Å². The van der Waals surface area contributed by atoms with Gasteiger partial charge in [0.1, 0.15) is 0 Å². The van der Waals surface area contributed by atoms with Crippen molar-refractivity contribution < 1.29 is 4.79 Å². The monoisotopic (exact) mass is 375 g/mol. The maximum atomic E-state index is 11.9. The van der Waals surface area contributed by atoms with Gasteiger partial charge in [0.25, 0.3) is 0 Å². The lowest BCUT2D eigenvalue weighted by atomic mass is 9.80. The van der Waals surface area contributed by atoms with E-state index in [9.17, 15) is 4.79 Å². The minimum absolute atomic E-state index is 0.0672. The van der Waals surface area contributed by atoms with Gasteiger partial charge in [-0.15, -0.1) is 0 Å². The summed E-state index contributed by atoms with van der Waals surface area (Å²) in [5, 5.41) is 3.05. The van der Waals surface area contributed by atoms with E-state index in [1.54, 1.807) is 6.92 Å². The van der Waals surface area contributed by atoms with Gasteiger partial charge in [-0.1, -0.05) is 84.4 Å². The van der Waals surface area contributed by atoms with Crippen molar-refractivity contribution in [2.24, 2.45) is 0 Å². The average Bonchev–Trinajstić information content (AvgIpc) is 2.72. The van der Waals surface area contributed by atoms with Gasteiger partial charge in [0.2, 0.25) is 5.91 Å². The van der Waals surface area contributed by atoms with E-state index < -0.39 is 0 Å². The van der Waals surface area contributed by atoms with Crippen LogP contribution in [-0.2, 0) is 4.79 Å². The van der Waals surface area contributed by atoms with E-state index in [-0.39, 0.29) is 5.91 Å². The Kier molecular flexibility index (Phi) is 4.06. The molecule has 4 aromatic rings. The summed E-state index contributed by atoms with van der Waals surface area (Å²) in [6.07, 6.45) is 0. The van der Waals surface area contributed by atoms with Crippen molar-refractivity contribution >= 4 is 11.6 Å². The highest BCUT2D eigenvalue weighted by Gasteiger charge is 2.23. The number of rotatable bonds is 1. The zero-order chi connectivity index (χ0) is 20.0. The summed E-state index contributed by atoms with van der Waals surface area (Å²) in [6.45, 7) is 3.69. The van der Waals surface area contributed by atoms with Crippen LogP contribution >= 0.6 is 0 Å². The Morgan fingerprint density at radius 3 is 1.86 bits per heavy atom. The van der Waals surface area contributed by atoms with Crippen molar-refractivity contribution in [1.82, 2.24) is 0 Å². The quantitative estimate of drug-likeness (QED) is 0.338. The number of nitrogens with one attached hydrogen (secondary N) is 1. The number of hydrogen-bond donors (Lipinski definition) is 1. The maximum absolute atomic E-state index is 11.9. The molecule has 1 aliphatic carbocycles. The number of carbonyl (C=O) groups is 1. The SMILES string of the molecule is CC(=O)Nc1cccc2c1-c1ccccc1-c1ccccc1-c1cc(C)ccc1-2. The molecule has 0 unspecified atom stereocenters. The summed E-state index contributed by atoms with van der Waals surface area (Å²) in [6, 6.07) is 29.8. The highest BCUT2D eigenvalue weighted by atomic mass is 16.1. The number of aryl methyl sites for hydroxylation is 1. The number of amides is 1. The molecule has 2 nitrogen and oxygen atoms in total. The van der Waals surface area contributed by atoms with E-state index in [2.05, 4.69) is 85.0 Å². The van der Waals surface area contributed by atoms with Crippen LogP contribution in [0.2, 0.25) is 0 Å². The van der Waals surface area contributed by atoms with Gasteiger partial charge in [-0.25, -0.2) is 0 Å². The van der Waals surface area contributed by atoms with E-state index >= 15 is 0 Å². The molecule has 0 aromatic heterocycles. The van der Waals surface area contributed by atoms with Crippen molar-refractivity contribution in [3.05, 3.63) is 90.5 Å². The molecule has 0 spiro atoms. The van der Waals surface area contributed by atoms with E-state index in [0.29, 0.717) is 0 Å². The first-order chi connectivity index (χ1) is 14.1. The Labute approximate surface area is 170 Å². The molecule has 140 valence electrons. The summed E-state index contributed by atoms with van der Waals surface area (Å²) in [4.78, 5) is 11.9. The Morgan fingerprint density at radius 2 is 1.17 bits per heavy atom. The van der Waals surface area contributed by atoms with Gasteiger partial charge in [0.05, 0.1) is 0 Å². The Balaban J connectivity index is 1.98. The molecule has 0 radical (unpaired) electrons.